The maximum atomic E-state index is 13.7. The van der Waals surface area contributed by atoms with E-state index in [1.807, 2.05) is 0 Å². The number of thiophene rings is 1. The van der Waals surface area contributed by atoms with Gasteiger partial charge in [0.05, 0.1) is 5.69 Å². The lowest BCUT2D eigenvalue weighted by Crippen LogP contribution is -2.22. The zero-order valence-electron chi connectivity index (χ0n) is 13.8. The topological polar surface area (TPSA) is 66.4 Å². The zero-order valence-corrected chi connectivity index (χ0v) is 14.6. The minimum absolute atomic E-state index is 0.00852. The summed E-state index contributed by atoms with van der Waals surface area (Å²) in [5.74, 6) is -2.87. The normalized spacial score (nSPS) is 15.9. The van der Waals surface area contributed by atoms with E-state index in [4.69, 9.17) is 0 Å². The van der Waals surface area contributed by atoms with E-state index in [0.717, 1.165) is 11.3 Å². The number of hydrogen-bond donors (Lipinski definition) is 2. The monoisotopic (exact) mass is 385 g/mol. The van der Waals surface area contributed by atoms with Crippen molar-refractivity contribution in [3.05, 3.63) is 75.5 Å². The van der Waals surface area contributed by atoms with Gasteiger partial charge in [0.2, 0.25) is 5.91 Å². The lowest BCUT2D eigenvalue weighted by molar-refractivity contribution is -0.116. The van der Waals surface area contributed by atoms with E-state index in [2.05, 4.69) is 5.32 Å². The predicted molar refractivity (Wildman–Crippen MR) is 98.2 cm³/mol. The second-order valence-corrected chi connectivity index (χ2v) is 7.27. The van der Waals surface area contributed by atoms with Crippen LogP contribution in [0.15, 0.2) is 48.5 Å². The molecule has 0 saturated carbocycles. The van der Waals surface area contributed by atoms with Crippen molar-refractivity contribution in [3.63, 3.8) is 0 Å². The molecule has 2 N–H and O–H groups in total. The van der Waals surface area contributed by atoms with Crippen molar-refractivity contribution in [3.8, 4) is 11.1 Å². The van der Waals surface area contributed by atoms with Gasteiger partial charge in [-0.1, -0.05) is 24.3 Å². The average Bonchev–Trinajstić information content (AvgIpc) is 3.00. The number of carboxylic acids is 1. The summed E-state index contributed by atoms with van der Waals surface area (Å²) in [7, 11) is 0. The standard InChI is InChI=1S/C20H13F2NO3S/c21-12-5-1-3-10(7-12)14-9-15(24)23-17-16(11-4-2-6-13(22)8-11)19(20(25)26)27-18(14)17/h1-8,14H,9H2,(H,23,24)(H,25,26). The first-order valence-electron chi connectivity index (χ1n) is 8.15. The Balaban J connectivity index is 1.95. The van der Waals surface area contributed by atoms with E-state index < -0.39 is 23.5 Å². The number of aromatic carboxylic acids is 1. The number of fused-ring (bicyclic) bond motifs is 1. The molecule has 1 unspecified atom stereocenters. The van der Waals surface area contributed by atoms with Crippen molar-refractivity contribution < 1.29 is 23.5 Å². The molecule has 1 aromatic heterocycles. The van der Waals surface area contributed by atoms with Crippen molar-refractivity contribution in [2.24, 2.45) is 0 Å². The first-order chi connectivity index (χ1) is 12.9. The Kier molecular flexibility index (Phi) is 4.24. The number of anilines is 1. The minimum Gasteiger partial charge on any atom is -0.477 e. The summed E-state index contributed by atoms with van der Waals surface area (Å²) in [5.41, 5.74) is 1.59. The summed E-state index contributed by atoms with van der Waals surface area (Å²) in [6, 6.07) is 11.5. The van der Waals surface area contributed by atoms with Crippen molar-refractivity contribution in [2.45, 2.75) is 12.3 Å². The molecule has 7 heteroatoms. The third-order valence-corrected chi connectivity index (χ3v) is 5.76. The second-order valence-electron chi connectivity index (χ2n) is 6.22. The van der Waals surface area contributed by atoms with E-state index in [-0.39, 0.29) is 22.8 Å². The Labute approximate surface area is 157 Å². The van der Waals surface area contributed by atoms with Crippen LogP contribution in [-0.4, -0.2) is 17.0 Å². The fraction of sp³-hybridized carbons (Fsp3) is 0.100. The molecule has 3 aromatic rings. The number of rotatable bonds is 3. The number of nitrogens with one attached hydrogen (secondary N) is 1. The molecule has 1 aliphatic rings. The molecule has 2 aromatic carbocycles. The van der Waals surface area contributed by atoms with Gasteiger partial charge in [0.1, 0.15) is 16.5 Å². The molecule has 1 aliphatic heterocycles. The van der Waals surface area contributed by atoms with E-state index in [1.165, 1.54) is 30.3 Å². The van der Waals surface area contributed by atoms with Gasteiger partial charge < -0.3 is 10.4 Å². The van der Waals surface area contributed by atoms with Crippen LogP contribution in [-0.2, 0) is 4.79 Å². The summed E-state index contributed by atoms with van der Waals surface area (Å²) >= 11 is 1.02. The number of carboxylic acid groups (broad SMARTS) is 1. The van der Waals surface area contributed by atoms with Crippen LogP contribution in [0.2, 0.25) is 0 Å². The zero-order chi connectivity index (χ0) is 19.1. The Hall–Kier alpha value is -3.06. The number of benzene rings is 2. The molecule has 0 bridgehead atoms. The number of amides is 1. The number of halogens is 2. The highest BCUT2D eigenvalue weighted by Crippen LogP contribution is 2.49. The first kappa shape index (κ1) is 17.4. The van der Waals surface area contributed by atoms with Gasteiger partial charge in [0.15, 0.2) is 0 Å². The summed E-state index contributed by atoms with van der Waals surface area (Å²) in [6.45, 7) is 0. The molecule has 0 saturated heterocycles. The lowest BCUT2D eigenvalue weighted by atomic mass is 9.88. The molecule has 2 heterocycles. The fourth-order valence-electron chi connectivity index (χ4n) is 3.35. The Morgan fingerprint density at radius 2 is 1.81 bits per heavy atom. The van der Waals surface area contributed by atoms with Crippen LogP contribution in [0.3, 0.4) is 0 Å². The SMILES string of the molecule is O=C1CC(c2cccc(F)c2)c2sc(C(=O)O)c(-c3cccc(F)c3)c2N1. The van der Waals surface area contributed by atoms with Gasteiger partial charge in [-0.3, -0.25) is 4.79 Å². The molecular weight excluding hydrogens is 372 g/mol. The average molecular weight is 385 g/mol. The number of carbonyl (C=O) groups excluding carboxylic acids is 1. The van der Waals surface area contributed by atoms with Gasteiger partial charge >= 0.3 is 5.97 Å². The van der Waals surface area contributed by atoms with Gasteiger partial charge in [0, 0.05) is 22.8 Å². The third-order valence-electron chi connectivity index (χ3n) is 4.46. The molecule has 0 aliphatic carbocycles. The van der Waals surface area contributed by atoms with E-state index in [9.17, 15) is 23.5 Å². The van der Waals surface area contributed by atoms with Gasteiger partial charge in [-0.25, -0.2) is 13.6 Å². The van der Waals surface area contributed by atoms with Gasteiger partial charge in [0.25, 0.3) is 0 Å². The van der Waals surface area contributed by atoms with Crippen LogP contribution < -0.4 is 5.32 Å². The van der Waals surface area contributed by atoms with E-state index in [1.54, 1.807) is 18.2 Å². The molecule has 0 fully saturated rings. The number of carbonyl (C=O) groups is 2. The Morgan fingerprint density at radius 1 is 1.11 bits per heavy atom. The molecule has 0 spiro atoms. The highest BCUT2D eigenvalue weighted by Gasteiger charge is 2.34. The summed E-state index contributed by atoms with van der Waals surface area (Å²) in [4.78, 5) is 24.8. The van der Waals surface area contributed by atoms with Crippen molar-refractivity contribution in [1.29, 1.82) is 0 Å². The van der Waals surface area contributed by atoms with Crippen LogP contribution in [0.5, 0.6) is 0 Å². The Bertz CT molecular complexity index is 1080. The van der Waals surface area contributed by atoms with Gasteiger partial charge in [-0.2, -0.15) is 0 Å². The second kappa shape index (κ2) is 6.59. The lowest BCUT2D eigenvalue weighted by Gasteiger charge is -2.24. The predicted octanol–water partition coefficient (Wildman–Crippen LogP) is 4.87. The van der Waals surface area contributed by atoms with E-state index in [0.29, 0.717) is 21.7 Å². The molecule has 0 radical (unpaired) electrons. The van der Waals surface area contributed by atoms with Gasteiger partial charge in [-0.05, 0) is 35.4 Å². The molecule has 1 amide bonds. The largest absolute Gasteiger partial charge is 0.477 e. The van der Waals surface area contributed by atoms with Crippen LogP contribution in [0.4, 0.5) is 14.5 Å². The third kappa shape index (κ3) is 3.10. The quantitative estimate of drug-likeness (QED) is 0.676. The maximum absolute atomic E-state index is 13.7. The summed E-state index contributed by atoms with van der Waals surface area (Å²) in [5, 5.41) is 12.4. The van der Waals surface area contributed by atoms with Crippen LogP contribution in [0.25, 0.3) is 11.1 Å². The highest BCUT2D eigenvalue weighted by molar-refractivity contribution is 7.15. The molecule has 136 valence electrons. The van der Waals surface area contributed by atoms with Crippen LogP contribution >= 0.6 is 11.3 Å². The minimum atomic E-state index is -1.17. The van der Waals surface area contributed by atoms with Crippen LogP contribution in [0, 0.1) is 11.6 Å². The van der Waals surface area contributed by atoms with E-state index >= 15 is 0 Å². The molecule has 27 heavy (non-hydrogen) atoms. The smallest absolute Gasteiger partial charge is 0.346 e. The molecular formula is C20H13F2NO3S. The molecule has 1 atom stereocenters. The number of hydrogen-bond acceptors (Lipinski definition) is 3. The summed E-state index contributed by atoms with van der Waals surface area (Å²) in [6.07, 6.45) is 0.0820. The molecule has 4 nitrogen and oxygen atoms in total. The Morgan fingerprint density at radius 3 is 2.48 bits per heavy atom. The fourth-order valence-corrected chi connectivity index (χ4v) is 4.60. The van der Waals surface area contributed by atoms with Gasteiger partial charge in [-0.15, -0.1) is 11.3 Å². The maximum Gasteiger partial charge on any atom is 0.346 e. The van der Waals surface area contributed by atoms with Crippen molar-refractivity contribution in [1.82, 2.24) is 0 Å². The molecule has 4 rings (SSSR count). The van der Waals surface area contributed by atoms with Crippen LogP contribution in [0.1, 0.15) is 32.5 Å². The van der Waals surface area contributed by atoms with Crippen molar-refractivity contribution >= 4 is 28.9 Å². The highest BCUT2D eigenvalue weighted by atomic mass is 32.1. The first-order valence-corrected chi connectivity index (χ1v) is 8.97. The summed E-state index contributed by atoms with van der Waals surface area (Å²) < 4.78 is 27.4. The van der Waals surface area contributed by atoms with Crippen molar-refractivity contribution in [2.75, 3.05) is 5.32 Å².